The summed E-state index contributed by atoms with van der Waals surface area (Å²) >= 11 is 3.49. The number of aromatic nitrogens is 1. The largest absolute Gasteiger partial charge is 0.494 e. The number of benzene rings is 2. The molecular weight excluding hydrogens is 376 g/mol. The van der Waals surface area contributed by atoms with Gasteiger partial charge in [-0.25, -0.2) is 0 Å². The molecule has 0 amide bonds. The Morgan fingerprint density at radius 1 is 0.960 bits per heavy atom. The highest BCUT2D eigenvalue weighted by Gasteiger charge is 2.12. The molecule has 3 aromatic rings. The number of likely N-dealkylation sites (tertiary alicyclic amines) is 1. The first kappa shape index (κ1) is 16.7. The highest BCUT2D eigenvalue weighted by molar-refractivity contribution is 9.10. The van der Waals surface area contributed by atoms with E-state index in [-0.39, 0.29) is 0 Å². The van der Waals surface area contributed by atoms with Crippen molar-refractivity contribution < 1.29 is 4.74 Å². The molecule has 0 radical (unpaired) electrons. The first-order valence-corrected chi connectivity index (χ1v) is 9.81. The molecule has 1 aliphatic rings. The van der Waals surface area contributed by atoms with Crippen molar-refractivity contribution >= 4 is 26.8 Å². The van der Waals surface area contributed by atoms with Crippen molar-refractivity contribution in [1.29, 1.82) is 0 Å². The van der Waals surface area contributed by atoms with Gasteiger partial charge >= 0.3 is 0 Å². The van der Waals surface area contributed by atoms with Gasteiger partial charge in [-0.1, -0.05) is 15.9 Å². The lowest BCUT2D eigenvalue weighted by molar-refractivity contribution is 0.173. The molecular formula is C21H23BrN2O. The minimum absolute atomic E-state index is 0.798. The van der Waals surface area contributed by atoms with Crippen LogP contribution in [0.1, 0.15) is 19.3 Å². The zero-order valence-corrected chi connectivity index (χ0v) is 15.9. The summed E-state index contributed by atoms with van der Waals surface area (Å²) in [6, 6.07) is 16.9. The van der Waals surface area contributed by atoms with Crippen LogP contribution >= 0.6 is 15.9 Å². The Bertz CT molecular complexity index is 837. The van der Waals surface area contributed by atoms with Gasteiger partial charge in [-0.05, 0) is 87.4 Å². The third-order valence-corrected chi connectivity index (χ3v) is 5.38. The van der Waals surface area contributed by atoms with Crippen molar-refractivity contribution in [3.8, 4) is 11.4 Å². The van der Waals surface area contributed by atoms with Gasteiger partial charge in [0.05, 0.1) is 12.1 Å². The molecule has 2 heterocycles. The first-order chi connectivity index (χ1) is 12.3. The lowest BCUT2D eigenvalue weighted by atomic mass is 10.2. The highest BCUT2D eigenvalue weighted by Crippen LogP contribution is 2.25. The molecule has 0 bridgehead atoms. The summed E-state index contributed by atoms with van der Waals surface area (Å²) < 4.78 is 9.25. The molecule has 1 aliphatic heterocycles. The van der Waals surface area contributed by atoms with Crippen molar-refractivity contribution in [2.24, 2.45) is 0 Å². The Balaban J connectivity index is 1.38. The van der Waals surface area contributed by atoms with Crippen LogP contribution in [0.5, 0.6) is 5.75 Å². The number of hydrogen-bond donors (Lipinski definition) is 0. The van der Waals surface area contributed by atoms with Gasteiger partial charge in [-0.3, -0.25) is 0 Å². The molecule has 0 saturated carbocycles. The lowest BCUT2D eigenvalue weighted by Crippen LogP contribution is -2.37. The average molecular weight is 399 g/mol. The Morgan fingerprint density at radius 2 is 1.80 bits per heavy atom. The van der Waals surface area contributed by atoms with Crippen LogP contribution in [0.3, 0.4) is 0 Å². The van der Waals surface area contributed by atoms with Crippen molar-refractivity contribution in [3.63, 3.8) is 0 Å². The number of unbranched alkanes of at least 4 members (excludes halogenated alkanes) is 1. The van der Waals surface area contributed by atoms with Crippen molar-refractivity contribution in [2.45, 2.75) is 19.3 Å². The van der Waals surface area contributed by atoms with Gasteiger partial charge < -0.3 is 14.2 Å². The highest BCUT2D eigenvalue weighted by atomic mass is 79.9. The fourth-order valence-corrected chi connectivity index (χ4v) is 3.53. The minimum Gasteiger partial charge on any atom is -0.494 e. The van der Waals surface area contributed by atoms with Crippen molar-refractivity contribution in [2.75, 3.05) is 26.2 Å². The van der Waals surface area contributed by atoms with Crippen LogP contribution in [-0.4, -0.2) is 35.7 Å². The van der Waals surface area contributed by atoms with Crippen LogP contribution in [0.15, 0.2) is 59.2 Å². The molecule has 25 heavy (non-hydrogen) atoms. The van der Waals surface area contributed by atoms with E-state index in [0.29, 0.717) is 0 Å². The standard InChI is InChI=1S/C21H23BrN2O/c22-18-4-6-19(7-5-18)24-14-10-17-16-20(8-9-21(17)24)25-15-2-1-11-23-12-3-13-23/h4-10,14,16H,1-3,11-13,15H2. The summed E-state index contributed by atoms with van der Waals surface area (Å²) in [5, 5.41) is 1.21. The molecule has 1 aromatic heterocycles. The number of fused-ring (bicyclic) bond motifs is 1. The Labute approximate surface area is 157 Å². The zero-order chi connectivity index (χ0) is 17.1. The number of rotatable bonds is 7. The number of ether oxygens (including phenoxy) is 1. The van der Waals surface area contributed by atoms with E-state index in [1.54, 1.807) is 0 Å². The molecule has 1 saturated heterocycles. The summed E-state index contributed by atoms with van der Waals surface area (Å²) in [7, 11) is 0. The SMILES string of the molecule is Brc1ccc(-n2ccc3cc(OCCCCN4CCC4)ccc32)cc1. The predicted octanol–water partition coefficient (Wildman–Crippen LogP) is 5.26. The second-order valence-corrected chi connectivity index (χ2v) is 7.55. The van der Waals surface area contributed by atoms with E-state index in [1.807, 2.05) is 0 Å². The monoisotopic (exact) mass is 398 g/mol. The van der Waals surface area contributed by atoms with Crippen molar-refractivity contribution in [3.05, 3.63) is 59.2 Å². The van der Waals surface area contributed by atoms with E-state index in [4.69, 9.17) is 4.74 Å². The molecule has 2 aromatic carbocycles. The summed E-state index contributed by atoms with van der Waals surface area (Å²) in [6.45, 7) is 4.59. The Morgan fingerprint density at radius 3 is 2.56 bits per heavy atom. The van der Waals surface area contributed by atoms with E-state index in [0.717, 1.165) is 28.9 Å². The van der Waals surface area contributed by atoms with Gasteiger partial charge in [0.2, 0.25) is 0 Å². The third-order valence-electron chi connectivity index (χ3n) is 4.85. The predicted molar refractivity (Wildman–Crippen MR) is 107 cm³/mol. The second kappa shape index (κ2) is 7.63. The molecule has 4 rings (SSSR count). The zero-order valence-electron chi connectivity index (χ0n) is 14.3. The topological polar surface area (TPSA) is 17.4 Å². The van der Waals surface area contributed by atoms with Gasteiger partial charge in [-0.15, -0.1) is 0 Å². The Hall–Kier alpha value is -1.78. The van der Waals surface area contributed by atoms with E-state index in [2.05, 4.69) is 80.1 Å². The maximum absolute atomic E-state index is 5.94. The molecule has 1 fully saturated rings. The van der Waals surface area contributed by atoms with Crippen LogP contribution in [0.25, 0.3) is 16.6 Å². The third kappa shape index (κ3) is 3.91. The maximum atomic E-state index is 5.94. The summed E-state index contributed by atoms with van der Waals surface area (Å²) in [5.41, 5.74) is 2.37. The summed E-state index contributed by atoms with van der Waals surface area (Å²) in [5.74, 6) is 0.963. The van der Waals surface area contributed by atoms with Gasteiger partial charge in [0.15, 0.2) is 0 Å². The first-order valence-electron chi connectivity index (χ1n) is 9.02. The quantitative estimate of drug-likeness (QED) is 0.505. The average Bonchev–Trinajstić information content (AvgIpc) is 3.00. The maximum Gasteiger partial charge on any atom is 0.120 e. The van der Waals surface area contributed by atoms with Crippen LogP contribution < -0.4 is 4.74 Å². The second-order valence-electron chi connectivity index (χ2n) is 6.63. The number of nitrogens with zero attached hydrogens (tertiary/aromatic N) is 2. The molecule has 130 valence electrons. The van der Waals surface area contributed by atoms with Gasteiger partial charge in [0.25, 0.3) is 0 Å². The van der Waals surface area contributed by atoms with Gasteiger partial charge in [0, 0.05) is 21.7 Å². The van der Waals surface area contributed by atoms with Crippen LogP contribution in [0.4, 0.5) is 0 Å². The normalized spacial score (nSPS) is 14.6. The van der Waals surface area contributed by atoms with Gasteiger partial charge in [-0.2, -0.15) is 0 Å². The smallest absolute Gasteiger partial charge is 0.120 e. The number of halogens is 1. The fourth-order valence-electron chi connectivity index (χ4n) is 3.27. The molecule has 3 nitrogen and oxygen atoms in total. The summed E-state index contributed by atoms with van der Waals surface area (Å²) in [6.07, 6.45) is 5.83. The van der Waals surface area contributed by atoms with Crippen molar-refractivity contribution in [1.82, 2.24) is 9.47 Å². The number of hydrogen-bond acceptors (Lipinski definition) is 2. The van der Waals surface area contributed by atoms with E-state index >= 15 is 0 Å². The van der Waals surface area contributed by atoms with E-state index in [9.17, 15) is 0 Å². The fraction of sp³-hybridized carbons (Fsp3) is 0.333. The van der Waals surface area contributed by atoms with Crippen LogP contribution in [-0.2, 0) is 0 Å². The van der Waals surface area contributed by atoms with Crippen LogP contribution in [0.2, 0.25) is 0 Å². The Kier molecular flexibility index (Phi) is 5.09. The van der Waals surface area contributed by atoms with Crippen LogP contribution in [0, 0.1) is 0 Å². The summed E-state index contributed by atoms with van der Waals surface area (Å²) in [4.78, 5) is 2.51. The van der Waals surface area contributed by atoms with E-state index in [1.165, 1.54) is 43.4 Å². The van der Waals surface area contributed by atoms with E-state index < -0.39 is 0 Å². The lowest BCUT2D eigenvalue weighted by Gasteiger charge is -2.30. The molecule has 4 heteroatoms. The molecule has 0 atom stereocenters. The van der Waals surface area contributed by atoms with Gasteiger partial charge in [0.1, 0.15) is 5.75 Å². The molecule has 0 aliphatic carbocycles. The molecule has 0 unspecified atom stereocenters. The molecule has 0 N–H and O–H groups in total. The molecule has 0 spiro atoms. The minimum atomic E-state index is 0.798.